The molecule has 6 nitrogen and oxygen atoms in total. The number of nitrogens with one attached hydrogen (secondary N) is 1. The smallest absolute Gasteiger partial charge is 0.407 e. The number of alkyl carbamates (subject to hydrolysis) is 1. The number of esters is 1. The van der Waals surface area contributed by atoms with Crippen molar-refractivity contribution >= 4 is 22.8 Å². The molecule has 0 unspecified atom stereocenters. The fourth-order valence-corrected chi connectivity index (χ4v) is 3.12. The lowest BCUT2D eigenvalue weighted by atomic mass is 9.99. The van der Waals surface area contributed by atoms with Gasteiger partial charge in [-0.05, 0) is 36.4 Å². The number of ether oxygens (including phenoxy) is 3. The summed E-state index contributed by atoms with van der Waals surface area (Å²) >= 11 is 0. The van der Waals surface area contributed by atoms with Crippen molar-refractivity contribution in [3.8, 4) is 5.75 Å². The first-order valence-corrected chi connectivity index (χ1v) is 9.87. The van der Waals surface area contributed by atoms with Crippen LogP contribution in [0, 0.1) is 6.92 Å². The molecule has 3 rings (SSSR count). The molecule has 6 heteroatoms. The van der Waals surface area contributed by atoms with Gasteiger partial charge in [0.25, 0.3) is 0 Å². The van der Waals surface area contributed by atoms with Gasteiger partial charge < -0.3 is 19.5 Å². The average molecular weight is 407 g/mol. The van der Waals surface area contributed by atoms with E-state index in [-0.39, 0.29) is 25.7 Å². The Balaban J connectivity index is 1.60. The molecule has 0 aliphatic carbocycles. The maximum absolute atomic E-state index is 12.3. The van der Waals surface area contributed by atoms with E-state index in [1.165, 1.54) is 0 Å². The van der Waals surface area contributed by atoms with Crippen LogP contribution in [0.2, 0.25) is 0 Å². The Bertz CT molecular complexity index is 1020. The van der Waals surface area contributed by atoms with Crippen molar-refractivity contribution in [2.75, 3.05) is 19.8 Å². The molecular weight excluding hydrogens is 382 g/mol. The molecule has 0 aliphatic heterocycles. The molecule has 0 saturated heterocycles. The molecule has 0 radical (unpaired) electrons. The van der Waals surface area contributed by atoms with Gasteiger partial charge in [0.2, 0.25) is 0 Å². The summed E-state index contributed by atoms with van der Waals surface area (Å²) in [6.45, 7) is 4.67. The maximum Gasteiger partial charge on any atom is 0.407 e. The molecule has 0 atom stereocenters. The van der Waals surface area contributed by atoms with Gasteiger partial charge in [0.1, 0.15) is 19.0 Å². The van der Waals surface area contributed by atoms with Crippen molar-refractivity contribution in [2.45, 2.75) is 20.5 Å². The highest BCUT2D eigenvalue weighted by molar-refractivity contribution is 6.01. The van der Waals surface area contributed by atoms with Crippen LogP contribution >= 0.6 is 0 Å². The Labute approximate surface area is 175 Å². The molecule has 0 aromatic heterocycles. The molecule has 3 aromatic carbocycles. The van der Waals surface area contributed by atoms with Crippen LogP contribution in [0.3, 0.4) is 0 Å². The predicted octanol–water partition coefficient (Wildman–Crippen LogP) is 4.63. The highest BCUT2D eigenvalue weighted by Gasteiger charge is 2.16. The molecule has 0 saturated carbocycles. The Hall–Kier alpha value is -3.54. The van der Waals surface area contributed by atoms with Crippen molar-refractivity contribution in [2.24, 2.45) is 0 Å². The summed E-state index contributed by atoms with van der Waals surface area (Å²) in [5.41, 5.74) is 2.24. The van der Waals surface area contributed by atoms with Crippen LogP contribution in [0.25, 0.3) is 10.8 Å². The van der Waals surface area contributed by atoms with Gasteiger partial charge in [0.15, 0.2) is 0 Å². The lowest BCUT2D eigenvalue weighted by Gasteiger charge is -2.15. The van der Waals surface area contributed by atoms with Crippen molar-refractivity contribution in [1.29, 1.82) is 0 Å². The molecule has 30 heavy (non-hydrogen) atoms. The lowest BCUT2D eigenvalue weighted by Crippen LogP contribution is -2.28. The minimum atomic E-state index is -0.511. The van der Waals surface area contributed by atoms with E-state index in [0.717, 1.165) is 21.9 Å². The maximum atomic E-state index is 12.3. The number of hydrogen-bond acceptors (Lipinski definition) is 5. The molecule has 1 amide bonds. The van der Waals surface area contributed by atoms with Crippen LogP contribution in [-0.2, 0) is 16.1 Å². The second-order valence-corrected chi connectivity index (χ2v) is 6.65. The van der Waals surface area contributed by atoms with Crippen molar-refractivity contribution in [1.82, 2.24) is 5.32 Å². The second kappa shape index (κ2) is 10.3. The van der Waals surface area contributed by atoms with Crippen LogP contribution in [0.15, 0.2) is 60.7 Å². The van der Waals surface area contributed by atoms with Crippen LogP contribution in [0.1, 0.15) is 28.4 Å². The van der Waals surface area contributed by atoms with E-state index < -0.39 is 6.09 Å². The molecule has 0 fully saturated rings. The largest absolute Gasteiger partial charge is 0.491 e. The number of carbonyl (C=O) groups is 2. The highest BCUT2D eigenvalue weighted by Crippen LogP contribution is 2.31. The zero-order valence-corrected chi connectivity index (χ0v) is 17.1. The van der Waals surface area contributed by atoms with E-state index in [9.17, 15) is 9.59 Å². The van der Waals surface area contributed by atoms with Gasteiger partial charge in [-0.2, -0.15) is 0 Å². The van der Waals surface area contributed by atoms with Crippen LogP contribution in [0.4, 0.5) is 4.79 Å². The van der Waals surface area contributed by atoms with E-state index in [2.05, 4.69) is 5.32 Å². The molecule has 3 aromatic rings. The summed E-state index contributed by atoms with van der Waals surface area (Å²) in [4.78, 5) is 24.2. The monoisotopic (exact) mass is 407 g/mol. The quantitative estimate of drug-likeness (QED) is 0.435. The number of fused-ring (bicyclic) bond motifs is 1. The first-order valence-electron chi connectivity index (χ1n) is 9.87. The average Bonchev–Trinajstić information content (AvgIpc) is 2.77. The van der Waals surface area contributed by atoms with Gasteiger partial charge in [-0.1, -0.05) is 54.6 Å². The first-order chi connectivity index (χ1) is 14.6. The number of hydrogen-bond donors (Lipinski definition) is 1. The summed E-state index contributed by atoms with van der Waals surface area (Å²) in [6.07, 6.45) is -0.511. The molecular formula is C24H25NO5. The zero-order valence-electron chi connectivity index (χ0n) is 17.1. The fraction of sp³-hybridized carbons (Fsp3) is 0.250. The number of carbonyl (C=O) groups excluding carboxylic acids is 2. The summed E-state index contributed by atoms with van der Waals surface area (Å²) in [5, 5.41) is 4.48. The van der Waals surface area contributed by atoms with Crippen LogP contribution < -0.4 is 10.1 Å². The van der Waals surface area contributed by atoms with Gasteiger partial charge in [-0.25, -0.2) is 9.59 Å². The molecule has 0 spiro atoms. The summed E-state index contributed by atoms with van der Waals surface area (Å²) < 4.78 is 16.2. The first kappa shape index (κ1) is 21.2. The normalized spacial score (nSPS) is 10.5. The van der Waals surface area contributed by atoms with Gasteiger partial charge in [0, 0.05) is 5.39 Å². The van der Waals surface area contributed by atoms with E-state index in [4.69, 9.17) is 14.2 Å². The Morgan fingerprint density at radius 2 is 1.63 bits per heavy atom. The lowest BCUT2D eigenvalue weighted by molar-refractivity contribution is 0.0525. The summed E-state index contributed by atoms with van der Waals surface area (Å²) in [5.74, 6) is 0.187. The van der Waals surface area contributed by atoms with Gasteiger partial charge >= 0.3 is 12.1 Å². The third kappa shape index (κ3) is 5.29. The van der Waals surface area contributed by atoms with Crippen molar-refractivity contribution < 1.29 is 23.8 Å². The molecule has 0 aliphatic rings. The number of benzene rings is 3. The highest BCUT2D eigenvalue weighted by atomic mass is 16.5. The third-order valence-corrected chi connectivity index (χ3v) is 4.61. The zero-order chi connectivity index (χ0) is 21.3. The third-order valence-electron chi connectivity index (χ3n) is 4.61. The molecule has 0 bridgehead atoms. The fourth-order valence-electron chi connectivity index (χ4n) is 3.12. The van der Waals surface area contributed by atoms with Crippen LogP contribution in [-0.4, -0.2) is 31.8 Å². The van der Waals surface area contributed by atoms with Gasteiger partial charge in [-0.15, -0.1) is 0 Å². The molecule has 156 valence electrons. The van der Waals surface area contributed by atoms with E-state index in [1.54, 1.807) is 13.0 Å². The molecule has 0 heterocycles. The minimum absolute atomic E-state index is 0.207. The SMILES string of the molecule is CCOC(=O)c1cc(OCCNC(=O)OCc2ccccc2)c2ccccc2c1C. The van der Waals surface area contributed by atoms with Crippen LogP contribution in [0.5, 0.6) is 5.75 Å². The topological polar surface area (TPSA) is 73.9 Å². The minimum Gasteiger partial charge on any atom is -0.491 e. The number of aryl methyl sites for hydroxylation is 1. The van der Waals surface area contributed by atoms with E-state index in [1.807, 2.05) is 61.5 Å². The second-order valence-electron chi connectivity index (χ2n) is 6.65. The van der Waals surface area contributed by atoms with Gasteiger partial charge in [0.05, 0.1) is 18.7 Å². The number of amides is 1. The van der Waals surface area contributed by atoms with E-state index in [0.29, 0.717) is 17.9 Å². The van der Waals surface area contributed by atoms with E-state index >= 15 is 0 Å². The summed E-state index contributed by atoms with van der Waals surface area (Å²) in [6, 6.07) is 18.9. The standard InChI is InChI=1S/C24H25NO5/c1-3-28-23(26)21-15-22(20-12-8-7-11-19(20)17(21)2)29-14-13-25-24(27)30-16-18-9-5-4-6-10-18/h4-12,15H,3,13-14,16H2,1-2H3,(H,25,27). The Morgan fingerprint density at radius 3 is 2.37 bits per heavy atom. The number of rotatable bonds is 8. The van der Waals surface area contributed by atoms with Crippen molar-refractivity contribution in [3.63, 3.8) is 0 Å². The Morgan fingerprint density at radius 1 is 0.933 bits per heavy atom. The predicted molar refractivity (Wildman–Crippen MR) is 115 cm³/mol. The Kier molecular flexibility index (Phi) is 7.27. The van der Waals surface area contributed by atoms with Crippen molar-refractivity contribution in [3.05, 3.63) is 77.4 Å². The summed E-state index contributed by atoms with van der Waals surface area (Å²) in [7, 11) is 0. The van der Waals surface area contributed by atoms with Gasteiger partial charge in [-0.3, -0.25) is 0 Å². The molecule has 1 N–H and O–H groups in total.